The van der Waals surface area contributed by atoms with Crippen LogP contribution in [0, 0.1) is 0 Å². The van der Waals surface area contributed by atoms with Gasteiger partial charge in [-0.3, -0.25) is 4.57 Å². The van der Waals surface area contributed by atoms with Gasteiger partial charge < -0.3 is 0 Å². The number of hydrogen-bond donors (Lipinski definition) is 0. The highest BCUT2D eigenvalue weighted by atomic mass is 35.7. The van der Waals surface area contributed by atoms with Crippen molar-refractivity contribution in [3.63, 3.8) is 0 Å². The lowest BCUT2D eigenvalue weighted by Crippen LogP contribution is -2.02. The Balaban J connectivity index is 2.59. The van der Waals surface area contributed by atoms with E-state index in [4.69, 9.17) is 33.9 Å². The van der Waals surface area contributed by atoms with Crippen molar-refractivity contribution in [2.45, 2.75) is 5.16 Å². The predicted molar refractivity (Wildman–Crippen MR) is 69.5 cm³/mol. The molecule has 0 aliphatic carbocycles. The van der Waals surface area contributed by atoms with E-state index in [1.807, 2.05) is 0 Å². The number of aromatic nitrogens is 3. The van der Waals surface area contributed by atoms with Crippen LogP contribution in [-0.2, 0) is 16.1 Å². The monoisotopic (exact) mass is 325 g/mol. The molecule has 18 heavy (non-hydrogen) atoms. The van der Waals surface area contributed by atoms with Crippen molar-refractivity contribution in [2.75, 3.05) is 0 Å². The highest BCUT2D eigenvalue weighted by molar-refractivity contribution is 8.13. The van der Waals surface area contributed by atoms with Gasteiger partial charge in [0.25, 0.3) is 14.2 Å². The van der Waals surface area contributed by atoms with Crippen LogP contribution in [0.15, 0.2) is 23.4 Å². The SMILES string of the molecule is Cn1c(-c2ccc(Cl)c(Cl)c2)nnc1S(=O)(=O)Cl. The fraction of sp³-hybridized carbons (Fsp3) is 0.111. The molecule has 0 aliphatic heterocycles. The highest BCUT2D eigenvalue weighted by Crippen LogP contribution is 2.28. The van der Waals surface area contributed by atoms with Crippen LogP contribution in [0.3, 0.4) is 0 Å². The first-order valence-corrected chi connectivity index (χ1v) is 7.66. The number of nitrogens with zero attached hydrogens (tertiary/aromatic N) is 3. The zero-order valence-corrected chi connectivity index (χ0v) is 12.0. The van der Waals surface area contributed by atoms with Gasteiger partial charge in [0, 0.05) is 23.3 Å². The molecular weight excluding hydrogens is 321 g/mol. The van der Waals surface area contributed by atoms with Crippen LogP contribution in [0.4, 0.5) is 0 Å². The summed E-state index contributed by atoms with van der Waals surface area (Å²) in [5.74, 6) is 0.327. The molecule has 0 radical (unpaired) electrons. The van der Waals surface area contributed by atoms with Crippen LogP contribution < -0.4 is 0 Å². The topological polar surface area (TPSA) is 64.8 Å². The third-order valence-corrected chi connectivity index (χ3v) is 4.18. The van der Waals surface area contributed by atoms with Gasteiger partial charge in [-0.05, 0) is 18.2 Å². The first kappa shape index (κ1) is 13.6. The summed E-state index contributed by atoms with van der Waals surface area (Å²) in [6.07, 6.45) is 0. The summed E-state index contributed by atoms with van der Waals surface area (Å²) in [6, 6.07) is 4.81. The molecule has 0 bridgehead atoms. The number of benzene rings is 1. The Labute approximate surface area is 118 Å². The number of halogens is 3. The Kier molecular flexibility index (Phi) is 3.55. The van der Waals surface area contributed by atoms with E-state index in [9.17, 15) is 8.42 Å². The fourth-order valence-corrected chi connectivity index (χ4v) is 2.67. The standard InChI is InChI=1S/C9H6Cl3N3O2S/c1-15-8(13-14-9(15)18(12,16)17)5-2-3-6(10)7(11)4-5/h2-4H,1H3. The Morgan fingerprint density at radius 2 is 1.83 bits per heavy atom. The van der Waals surface area contributed by atoms with Crippen molar-refractivity contribution in [3.05, 3.63) is 28.2 Å². The summed E-state index contributed by atoms with van der Waals surface area (Å²) < 4.78 is 23.7. The summed E-state index contributed by atoms with van der Waals surface area (Å²) in [5, 5.41) is 7.71. The summed E-state index contributed by atoms with van der Waals surface area (Å²) in [5.41, 5.74) is 0.589. The van der Waals surface area contributed by atoms with Gasteiger partial charge in [0.15, 0.2) is 5.82 Å². The fourth-order valence-electron chi connectivity index (χ4n) is 1.41. The molecule has 0 saturated heterocycles. The maximum absolute atomic E-state index is 11.2. The second kappa shape index (κ2) is 4.70. The Bertz CT molecular complexity index is 712. The third kappa shape index (κ3) is 2.47. The van der Waals surface area contributed by atoms with Crippen molar-refractivity contribution in [1.82, 2.24) is 14.8 Å². The smallest absolute Gasteiger partial charge is 0.296 e. The van der Waals surface area contributed by atoms with Gasteiger partial charge in [-0.15, -0.1) is 10.2 Å². The lowest BCUT2D eigenvalue weighted by atomic mass is 10.2. The van der Waals surface area contributed by atoms with Crippen LogP contribution in [0.25, 0.3) is 11.4 Å². The molecule has 0 aliphatic rings. The number of hydrogen-bond acceptors (Lipinski definition) is 4. The molecule has 9 heteroatoms. The minimum atomic E-state index is -3.94. The largest absolute Gasteiger partial charge is 0.300 e. The molecule has 0 fully saturated rings. The van der Waals surface area contributed by atoms with Crippen LogP contribution in [-0.4, -0.2) is 23.2 Å². The highest BCUT2D eigenvalue weighted by Gasteiger charge is 2.21. The van der Waals surface area contributed by atoms with Crippen molar-refractivity contribution < 1.29 is 8.42 Å². The number of rotatable bonds is 2. The van der Waals surface area contributed by atoms with Gasteiger partial charge in [-0.25, -0.2) is 8.42 Å². The molecule has 0 saturated carbocycles. The molecule has 0 spiro atoms. The summed E-state index contributed by atoms with van der Waals surface area (Å²) in [4.78, 5) is 0. The average Bonchev–Trinajstić information content (AvgIpc) is 2.64. The van der Waals surface area contributed by atoms with Crippen molar-refractivity contribution in [3.8, 4) is 11.4 Å². The van der Waals surface area contributed by atoms with E-state index >= 15 is 0 Å². The predicted octanol–water partition coefficient (Wildman–Crippen LogP) is 2.72. The second-order valence-electron chi connectivity index (χ2n) is 3.43. The van der Waals surface area contributed by atoms with E-state index in [1.165, 1.54) is 11.6 Å². The molecule has 0 N–H and O–H groups in total. The minimum absolute atomic E-state index is 0.327. The zero-order chi connectivity index (χ0) is 13.5. The van der Waals surface area contributed by atoms with Crippen LogP contribution in [0.1, 0.15) is 0 Å². The summed E-state index contributed by atoms with van der Waals surface area (Å²) in [7, 11) is 2.78. The molecule has 0 unspecified atom stereocenters. The molecular formula is C9H6Cl3N3O2S. The van der Waals surface area contributed by atoms with E-state index in [0.29, 0.717) is 21.4 Å². The van der Waals surface area contributed by atoms with E-state index in [0.717, 1.165) is 0 Å². The lowest BCUT2D eigenvalue weighted by molar-refractivity contribution is 0.593. The Morgan fingerprint density at radius 3 is 2.33 bits per heavy atom. The molecule has 1 aromatic heterocycles. The maximum atomic E-state index is 11.2. The van der Waals surface area contributed by atoms with Crippen molar-refractivity contribution in [1.29, 1.82) is 0 Å². The average molecular weight is 327 g/mol. The quantitative estimate of drug-likeness (QED) is 0.796. The minimum Gasteiger partial charge on any atom is -0.300 e. The third-order valence-electron chi connectivity index (χ3n) is 2.23. The molecule has 96 valence electrons. The summed E-state index contributed by atoms with van der Waals surface area (Å²) in [6.45, 7) is 0. The van der Waals surface area contributed by atoms with E-state index in [2.05, 4.69) is 10.2 Å². The first-order valence-electron chi connectivity index (χ1n) is 4.60. The molecule has 2 aromatic rings. The van der Waals surface area contributed by atoms with Gasteiger partial charge in [0.1, 0.15) is 0 Å². The van der Waals surface area contributed by atoms with Crippen LogP contribution in [0.5, 0.6) is 0 Å². The van der Waals surface area contributed by atoms with Crippen LogP contribution >= 0.6 is 33.9 Å². The Hall–Kier alpha value is -0.820. The van der Waals surface area contributed by atoms with E-state index in [-0.39, 0.29) is 5.16 Å². The molecule has 1 aromatic carbocycles. The van der Waals surface area contributed by atoms with Gasteiger partial charge in [-0.2, -0.15) is 0 Å². The molecule has 0 atom stereocenters. The van der Waals surface area contributed by atoms with E-state index in [1.54, 1.807) is 18.2 Å². The van der Waals surface area contributed by atoms with Gasteiger partial charge in [0.2, 0.25) is 0 Å². The molecule has 5 nitrogen and oxygen atoms in total. The maximum Gasteiger partial charge on any atom is 0.296 e. The summed E-state index contributed by atoms with van der Waals surface area (Å²) >= 11 is 11.7. The first-order chi connectivity index (χ1) is 8.30. The van der Waals surface area contributed by atoms with Gasteiger partial charge in [0.05, 0.1) is 10.0 Å². The normalized spacial score (nSPS) is 11.8. The second-order valence-corrected chi connectivity index (χ2v) is 6.71. The van der Waals surface area contributed by atoms with Gasteiger partial charge >= 0.3 is 0 Å². The molecule has 2 rings (SSSR count). The van der Waals surface area contributed by atoms with E-state index < -0.39 is 9.05 Å². The zero-order valence-electron chi connectivity index (χ0n) is 8.93. The van der Waals surface area contributed by atoms with Crippen molar-refractivity contribution in [2.24, 2.45) is 7.05 Å². The van der Waals surface area contributed by atoms with Gasteiger partial charge in [-0.1, -0.05) is 23.2 Å². The lowest BCUT2D eigenvalue weighted by Gasteiger charge is -2.03. The Morgan fingerprint density at radius 1 is 1.17 bits per heavy atom. The van der Waals surface area contributed by atoms with Crippen LogP contribution in [0.2, 0.25) is 10.0 Å². The molecule has 1 heterocycles. The molecule has 0 amide bonds. The van der Waals surface area contributed by atoms with Crippen molar-refractivity contribution >= 4 is 42.9 Å².